The highest BCUT2D eigenvalue weighted by atomic mass is 16.5. The molecule has 1 aromatic rings. The van der Waals surface area contributed by atoms with Gasteiger partial charge in [0.15, 0.2) is 0 Å². The number of ether oxygens (including phenoxy) is 1. The number of aliphatic hydroxyl groups excluding tert-OH is 1. The third kappa shape index (κ3) is 3.93. The van der Waals surface area contributed by atoms with E-state index in [1.54, 1.807) is 7.11 Å². The molecule has 0 aliphatic heterocycles. The van der Waals surface area contributed by atoms with Crippen molar-refractivity contribution in [2.24, 2.45) is 0 Å². The van der Waals surface area contributed by atoms with Crippen molar-refractivity contribution in [1.29, 1.82) is 0 Å². The maximum Gasteiger partial charge on any atom is 0.0917 e. The van der Waals surface area contributed by atoms with E-state index >= 15 is 0 Å². The molecule has 0 radical (unpaired) electrons. The lowest BCUT2D eigenvalue weighted by atomic mass is 10.0. The molecule has 1 unspecified atom stereocenters. The third-order valence-electron chi connectivity index (χ3n) is 2.62. The lowest BCUT2D eigenvalue weighted by molar-refractivity contribution is 0.161. The summed E-state index contributed by atoms with van der Waals surface area (Å²) in [6.07, 6.45) is 0.513. The van der Waals surface area contributed by atoms with E-state index in [0.29, 0.717) is 13.2 Å². The predicted molar refractivity (Wildman–Crippen MR) is 65.5 cm³/mol. The van der Waals surface area contributed by atoms with Crippen molar-refractivity contribution >= 4 is 0 Å². The van der Waals surface area contributed by atoms with Gasteiger partial charge < -0.3 is 15.2 Å². The van der Waals surface area contributed by atoms with Crippen LogP contribution in [0.5, 0.6) is 0 Å². The van der Waals surface area contributed by atoms with Crippen LogP contribution in [0.4, 0.5) is 0 Å². The Kier molecular flexibility index (Phi) is 6.08. The molecule has 0 heterocycles. The Labute approximate surface area is 97.4 Å². The van der Waals surface area contributed by atoms with Crippen LogP contribution in [0, 0.1) is 0 Å². The molecule has 0 fully saturated rings. The van der Waals surface area contributed by atoms with Gasteiger partial charge in [-0.2, -0.15) is 0 Å². The molecule has 0 saturated heterocycles. The average Bonchev–Trinajstić information content (AvgIpc) is 2.34. The molecular weight excluding hydrogens is 202 g/mol. The minimum absolute atomic E-state index is 0.437. The van der Waals surface area contributed by atoms with Gasteiger partial charge in [-0.25, -0.2) is 0 Å². The normalized spacial score (nSPS) is 12.7. The van der Waals surface area contributed by atoms with Crippen LogP contribution in [0.3, 0.4) is 0 Å². The molecule has 0 bridgehead atoms. The van der Waals surface area contributed by atoms with Gasteiger partial charge in [0, 0.05) is 20.2 Å². The van der Waals surface area contributed by atoms with Crippen molar-refractivity contribution < 1.29 is 9.84 Å². The summed E-state index contributed by atoms with van der Waals surface area (Å²) in [4.78, 5) is 0. The molecule has 0 amide bonds. The Morgan fingerprint density at radius 2 is 2.12 bits per heavy atom. The summed E-state index contributed by atoms with van der Waals surface area (Å²) in [5.74, 6) is 0. The molecule has 90 valence electrons. The Morgan fingerprint density at radius 3 is 2.81 bits per heavy atom. The fraction of sp³-hybridized carbons (Fsp3) is 0.538. The molecule has 16 heavy (non-hydrogen) atoms. The van der Waals surface area contributed by atoms with Crippen LogP contribution in [0.1, 0.15) is 24.2 Å². The molecule has 1 rings (SSSR count). The Hall–Kier alpha value is -0.900. The van der Waals surface area contributed by atoms with Crippen molar-refractivity contribution in [1.82, 2.24) is 5.32 Å². The van der Waals surface area contributed by atoms with Crippen LogP contribution in [-0.2, 0) is 11.2 Å². The van der Waals surface area contributed by atoms with Crippen molar-refractivity contribution in [3.63, 3.8) is 0 Å². The van der Waals surface area contributed by atoms with Gasteiger partial charge in [0.2, 0.25) is 0 Å². The van der Waals surface area contributed by atoms with Crippen LogP contribution in [0.15, 0.2) is 24.3 Å². The minimum Gasteiger partial charge on any atom is -0.387 e. The van der Waals surface area contributed by atoms with Crippen LogP contribution < -0.4 is 5.32 Å². The molecular formula is C13H21NO2. The van der Waals surface area contributed by atoms with Crippen LogP contribution >= 0.6 is 0 Å². The van der Waals surface area contributed by atoms with Gasteiger partial charge in [0.1, 0.15) is 0 Å². The van der Waals surface area contributed by atoms with Crippen molar-refractivity contribution in [2.75, 3.05) is 26.8 Å². The van der Waals surface area contributed by atoms with E-state index in [4.69, 9.17) is 4.74 Å². The summed E-state index contributed by atoms with van der Waals surface area (Å²) in [5.41, 5.74) is 2.23. The maximum absolute atomic E-state index is 10.0. The zero-order valence-electron chi connectivity index (χ0n) is 10.1. The molecule has 0 aliphatic rings. The smallest absolute Gasteiger partial charge is 0.0917 e. The van der Waals surface area contributed by atoms with Crippen LogP contribution in [-0.4, -0.2) is 31.9 Å². The molecule has 2 N–H and O–H groups in total. The highest BCUT2D eigenvalue weighted by Crippen LogP contribution is 2.17. The van der Waals surface area contributed by atoms with E-state index in [9.17, 15) is 5.11 Å². The zero-order valence-corrected chi connectivity index (χ0v) is 10.1. The maximum atomic E-state index is 10.0. The van der Waals surface area contributed by atoms with Gasteiger partial charge in [-0.1, -0.05) is 31.2 Å². The molecule has 0 spiro atoms. The third-order valence-corrected chi connectivity index (χ3v) is 2.62. The first-order chi connectivity index (χ1) is 7.79. The lowest BCUT2D eigenvalue weighted by Crippen LogP contribution is -2.25. The van der Waals surface area contributed by atoms with E-state index in [-0.39, 0.29) is 0 Å². The SMILES string of the molecule is CCc1ccccc1C(O)CNCCOC. The summed E-state index contributed by atoms with van der Waals surface area (Å²) in [5, 5.41) is 13.2. The lowest BCUT2D eigenvalue weighted by Gasteiger charge is -2.15. The van der Waals surface area contributed by atoms with E-state index in [2.05, 4.69) is 18.3 Å². The summed E-state index contributed by atoms with van der Waals surface area (Å²) < 4.78 is 4.93. The monoisotopic (exact) mass is 223 g/mol. The highest BCUT2D eigenvalue weighted by molar-refractivity contribution is 5.29. The number of hydrogen-bond donors (Lipinski definition) is 2. The molecule has 1 atom stereocenters. The van der Waals surface area contributed by atoms with E-state index in [1.807, 2.05) is 18.2 Å². The predicted octanol–water partition coefficient (Wildman–Crippen LogP) is 1.52. The van der Waals surface area contributed by atoms with Crippen molar-refractivity contribution in [3.8, 4) is 0 Å². The van der Waals surface area contributed by atoms with Gasteiger partial charge >= 0.3 is 0 Å². The fourth-order valence-electron chi connectivity index (χ4n) is 1.70. The van der Waals surface area contributed by atoms with E-state index in [1.165, 1.54) is 5.56 Å². The second-order valence-corrected chi connectivity index (χ2v) is 3.77. The van der Waals surface area contributed by atoms with Crippen LogP contribution in [0.2, 0.25) is 0 Å². The number of aliphatic hydroxyl groups is 1. The van der Waals surface area contributed by atoms with Gasteiger partial charge in [0.05, 0.1) is 12.7 Å². The fourth-order valence-corrected chi connectivity index (χ4v) is 1.70. The van der Waals surface area contributed by atoms with Crippen molar-refractivity contribution in [3.05, 3.63) is 35.4 Å². The number of nitrogens with one attached hydrogen (secondary N) is 1. The Morgan fingerprint density at radius 1 is 1.38 bits per heavy atom. The summed E-state index contributed by atoms with van der Waals surface area (Å²) in [6, 6.07) is 8.02. The Balaban J connectivity index is 2.48. The second kappa shape index (κ2) is 7.39. The van der Waals surface area contributed by atoms with Gasteiger partial charge in [-0.3, -0.25) is 0 Å². The summed E-state index contributed by atoms with van der Waals surface area (Å²) >= 11 is 0. The summed E-state index contributed by atoms with van der Waals surface area (Å²) in [7, 11) is 1.67. The zero-order chi connectivity index (χ0) is 11.8. The largest absolute Gasteiger partial charge is 0.387 e. The molecule has 3 nitrogen and oxygen atoms in total. The standard InChI is InChI=1S/C13H21NO2/c1-3-11-6-4-5-7-12(11)13(15)10-14-8-9-16-2/h4-7,13-15H,3,8-10H2,1-2H3. The number of methoxy groups -OCH3 is 1. The first kappa shape index (κ1) is 13.2. The van der Waals surface area contributed by atoms with Crippen LogP contribution in [0.25, 0.3) is 0 Å². The number of rotatable bonds is 7. The van der Waals surface area contributed by atoms with E-state index in [0.717, 1.165) is 18.5 Å². The van der Waals surface area contributed by atoms with Gasteiger partial charge in [0.25, 0.3) is 0 Å². The average molecular weight is 223 g/mol. The highest BCUT2D eigenvalue weighted by Gasteiger charge is 2.09. The molecule has 3 heteroatoms. The number of benzene rings is 1. The number of aryl methyl sites for hydroxylation is 1. The molecule has 0 aliphatic carbocycles. The summed E-state index contributed by atoms with van der Waals surface area (Å²) in [6.45, 7) is 4.11. The van der Waals surface area contributed by atoms with Gasteiger partial charge in [-0.05, 0) is 17.5 Å². The molecule has 1 aromatic carbocycles. The first-order valence-electron chi connectivity index (χ1n) is 5.75. The first-order valence-corrected chi connectivity index (χ1v) is 5.75. The molecule has 0 aromatic heterocycles. The second-order valence-electron chi connectivity index (χ2n) is 3.77. The molecule has 0 saturated carbocycles. The van der Waals surface area contributed by atoms with Gasteiger partial charge in [-0.15, -0.1) is 0 Å². The quantitative estimate of drug-likeness (QED) is 0.689. The topological polar surface area (TPSA) is 41.5 Å². The van der Waals surface area contributed by atoms with E-state index < -0.39 is 6.10 Å². The van der Waals surface area contributed by atoms with Crippen molar-refractivity contribution in [2.45, 2.75) is 19.4 Å². The number of hydrogen-bond acceptors (Lipinski definition) is 3. The Bertz CT molecular complexity index is 302. The minimum atomic E-state index is -0.437.